The number of rotatable bonds is 18. The molecule has 4 aliphatic heterocycles. The lowest BCUT2D eigenvalue weighted by atomic mass is 10.0. The van der Waals surface area contributed by atoms with Gasteiger partial charge in [-0.15, -0.1) is 10.2 Å². The summed E-state index contributed by atoms with van der Waals surface area (Å²) in [5.41, 5.74) is 5.04. The molecule has 4 atom stereocenters. The summed E-state index contributed by atoms with van der Waals surface area (Å²) in [6.07, 6.45) is 16.3. The second-order valence-electron chi connectivity index (χ2n) is 19.6. The van der Waals surface area contributed by atoms with Gasteiger partial charge >= 0.3 is 0 Å². The SMILES string of the molecule is CN1CCCC1CCn1nnnc1[C@@H](c1ccccc1)N1CCN(C/C=C/c2ccccc2)CC1.CN1CCCC1CCn1nnnc1[C@H](c1ccccc1)N1CCN(C/C=C/c2ccccc2)CC1. The van der Waals surface area contributed by atoms with Crippen LogP contribution in [0.4, 0.5) is 0 Å². The third-order valence-electron chi connectivity index (χ3n) is 15.0. The monoisotopic (exact) mass is 943 g/mol. The first kappa shape index (κ1) is 49.2. The number of aromatic nitrogens is 8. The third-order valence-corrected chi connectivity index (χ3v) is 15.0. The molecule has 0 amide bonds. The minimum absolute atomic E-state index is 0.0783. The molecular formula is C56H74N14. The number of aryl methyl sites for hydroxylation is 2. The minimum Gasteiger partial charge on any atom is -0.303 e. The molecule has 14 heteroatoms. The van der Waals surface area contributed by atoms with Crippen LogP contribution in [-0.2, 0) is 13.1 Å². The minimum atomic E-state index is 0.0783. The molecule has 0 bridgehead atoms. The van der Waals surface area contributed by atoms with Crippen molar-refractivity contribution in [1.29, 1.82) is 0 Å². The topological polar surface area (TPSA) is 107 Å². The van der Waals surface area contributed by atoms with Crippen molar-refractivity contribution in [3.05, 3.63) is 167 Å². The lowest BCUT2D eigenvalue weighted by molar-refractivity contribution is 0.112. The van der Waals surface area contributed by atoms with Crippen molar-refractivity contribution in [2.45, 2.75) is 75.8 Å². The Balaban J connectivity index is 0.000000174. The third kappa shape index (κ3) is 13.4. The first-order valence-corrected chi connectivity index (χ1v) is 25.9. The average molecular weight is 943 g/mol. The maximum absolute atomic E-state index is 4.56. The molecule has 2 aromatic heterocycles. The molecule has 70 heavy (non-hydrogen) atoms. The maximum atomic E-state index is 4.56. The number of hydrogen-bond donors (Lipinski definition) is 0. The molecule has 4 saturated heterocycles. The normalized spacial score (nSPS) is 21.1. The Morgan fingerprint density at radius 2 is 0.843 bits per heavy atom. The molecule has 4 aromatic carbocycles. The number of nitrogens with zero attached hydrogens (tertiary/aromatic N) is 14. The van der Waals surface area contributed by atoms with Crippen molar-refractivity contribution in [3.8, 4) is 0 Å². The van der Waals surface area contributed by atoms with Crippen LogP contribution in [0.2, 0.25) is 0 Å². The summed E-state index contributed by atoms with van der Waals surface area (Å²) in [6.45, 7) is 14.2. The van der Waals surface area contributed by atoms with Crippen LogP contribution in [-0.4, -0.2) is 175 Å². The predicted octanol–water partition coefficient (Wildman–Crippen LogP) is 7.16. The van der Waals surface area contributed by atoms with Crippen molar-refractivity contribution >= 4 is 12.2 Å². The van der Waals surface area contributed by atoms with Crippen LogP contribution in [0.15, 0.2) is 133 Å². The summed E-state index contributed by atoms with van der Waals surface area (Å²) in [4.78, 5) is 15.1. The number of benzene rings is 4. The fourth-order valence-electron chi connectivity index (χ4n) is 10.9. The van der Waals surface area contributed by atoms with Crippen LogP contribution in [0.5, 0.6) is 0 Å². The Morgan fingerprint density at radius 3 is 1.20 bits per heavy atom. The number of piperazine rings is 2. The predicted molar refractivity (Wildman–Crippen MR) is 280 cm³/mol. The summed E-state index contributed by atoms with van der Waals surface area (Å²) in [5, 5.41) is 26.2. The van der Waals surface area contributed by atoms with Gasteiger partial charge in [-0.25, -0.2) is 9.36 Å². The van der Waals surface area contributed by atoms with Gasteiger partial charge in [0.2, 0.25) is 0 Å². The molecule has 0 N–H and O–H groups in total. The van der Waals surface area contributed by atoms with Crippen molar-refractivity contribution in [2.75, 3.05) is 92.6 Å². The van der Waals surface area contributed by atoms with E-state index in [1.807, 2.05) is 0 Å². The van der Waals surface area contributed by atoms with Crippen molar-refractivity contribution in [3.63, 3.8) is 0 Å². The molecule has 0 aliphatic carbocycles. The van der Waals surface area contributed by atoms with E-state index in [4.69, 9.17) is 0 Å². The Hall–Kier alpha value is -5.74. The molecular weight excluding hydrogens is 869 g/mol. The highest BCUT2D eigenvalue weighted by molar-refractivity contribution is 5.49. The lowest BCUT2D eigenvalue weighted by Crippen LogP contribution is -2.48. The van der Waals surface area contributed by atoms with E-state index in [0.29, 0.717) is 12.1 Å². The maximum Gasteiger partial charge on any atom is 0.173 e. The molecule has 4 fully saturated rings. The van der Waals surface area contributed by atoms with E-state index in [9.17, 15) is 0 Å². The standard InChI is InChI=1S/2C28H37N7/c2*1-32-17-9-15-26(32)16-19-35-28(29-30-31-35)27(25-13-6-3-7-14-25)34-22-20-33(21-23-34)18-8-12-24-10-4-2-5-11-24/h2*2-8,10-14,26-27H,9,15-23H2,1H3/b2*12-8+/t2*26?,27-/m10/s1. The van der Waals surface area contributed by atoms with Crippen LogP contribution < -0.4 is 0 Å². The molecule has 10 rings (SSSR count). The van der Waals surface area contributed by atoms with Crippen LogP contribution >= 0.6 is 0 Å². The van der Waals surface area contributed by atoms with Gasteiger partial charge in [0.1, 0.15) is 0 Å². The first-order chi connectivity index (χ1) is 34.6. The molecule has 14 nitrogen and oxygen atoms in total. The molecule has 6 heterocycles. The quantitative estimate of drug-likeness (QED) is 0.0874. The zero-order chi connectivity index (χ0) is 47.7. The Bertz CT molecular complexity index is 2290. The average Bonchev–Trinajstić information content (AvgIpc) is 4.25. The summed E-state index contributed by atoms with van der Waals surface area (Å²) >= 11 is 0. The van der Waals surface area contributed by atoms with Gasteiger partial charge in [-0.2, -0.15) is 0 Å². The Kier molecular flexibility index (Phi) is 17.9. The number of tetrazole rings is 2. The second-order valence-corrected chi connectivity index (χ2v) is 19.6. The van der Waals surface area contributed by atoms with Gasteiger partial charge in [0.25, 0.3) is 0 Å². The van der Waals surface area contributed by atoms with Crippen LogP contribution in [0.3, 0.4) is 0 Å². The smallest absolute Gasteiger partial charge is 0.173 e. The van der Waals surface area contributed by atoms with Gasteiger partial charge in [0.15, 0.2) is 11.6 Å². The van der Waals surface area contributed by atoms with E-state index in [1.54, 1.807) is 0 Å². The van der Waals surface area contributed by atoms with E-state index in [0.717, 1.165) is 103 Å². The summed E-state index contributed by atoms with van der Waals surface area (Å²) in [5.74, 6) is 1.93. The van der Waals surface area contributed by atoms with Crippen LogP contribution in [0, 0.1) is 0 Å². The fraction of sp³-hybridized carbons (Fsp3) is 0.464. The number of likely N-dealkylation sites (tertiary alicyclic amines) is 2. The van der Waals surface area contributed by atoms with Gasteiger partial charge in [-0.1, -0.05) is 146 Å². The van der Waals surface area contributed by atoms with Gasteiger partial charge in [0.05, 0.1) is 12.1 Å². The van der Waals surface area contributed by atoms with Crippen molar-refractivity contribution in [2.24, 2.45) is 0 Å². The highest BCUT2D eigenvalue weighted by Gasteiger charge is 2.33. The van der Waals surface area contributed by atoms with E-state index >= 15 is 0 Å². The van der Waals surface area contributed by atoms with Gasteiger partial charge in [-0.05, 0) is 109 Å². The lowest BCUT2D eigenvalue weighted by Gasteiger charge is -2.38. The zero-order valence-corrected chi connectivity index (χ0v) is 41.6. The fourth-order valence-corrected chi connectivity index (χ4v) is 10.9. The first-order valence-electron chi connectivity index (χ1n) is 25.9. The zero-order valence-electron chi connectivity index (χ0n) is 41.6. The van der Waals surface area contributed by atoms with Crippen LogP contribution in [0.1, 0.15) is 84.5 Å². The molecule has 0 saturated carbocycles. The van der Waals surface area contributed by atoms with Crippen molar-refractivity contribution < 1.29 is 0 Å². The summed E-state index contributed by atoms with van der Waals surface area (Å²) in [6, 6.07) is 44.0. The van der Waals surface area contributed by atoms with Gasteiger partial charge in [-0.3, -0.25) is 19.6 Å². The summed E-state index contributed by atoms with van der Waals surface area (Å²) in [7, 11) is 4.47. The highest BCUT2D eigenvalue weighted by Crippen LogP contribution is 2.31. The Morgan fingerprint density at radius 1 is 0.471 bits per heavy atom. The number of hydrogen-bond acceptors (Lipinski definition) is 12. The van der Waals surface area contributed by atoms with E-state index in [1.165, 1.54) is 61.0 Å². The van der Waals surface area contributed by atoms with E-state index in [2.05, 4.69) is 230 Å². The molecule has 0 spiro atoms. The van der Waals surface area contributed by atoms with Crippen LogP contribution in [0.25, 0.3) is 12.2 Å². The summed E-state index contributed by atoms with van der Waals surface area (Å²) < 4.78 is 4.11. The van der Waals surface area contributed by atoms with E-state index in [-0.39, 0.29) is 12.1 Å². The Labute approximate surface area is 416 Å². The molecule has 368 valence electrons. The second kappa shape index (κ2) is 25.4. The molecule has 2 unspecified atom stereocenters. The molecule has 6 aromatic rings. The largest absolute Gasteiger partial charge is 0.303 e. The highest BCUT2D eigenvalue weighted by atomic mass is 15.6. The molecule has 4 aliphatic rings. The van der Waals surface area contributed by atoms with Gasteiger partial charge in [0, 0.05) is 90.6 Å². The van der Waals surface area contributed by atoms with Crippen molar-refractivity contribution in [1.82, 2.24) is 69.8 Å². The molecule has 0 radical (unpaired) electrons. The van der Waals surface area contributed by atoms with Gasteiger partial charge < -0.3 is 9.80 Å². The van der Waals surface area contributed by atoms with E-state index < -0.39 is 0 Å².